The van der Waals surface area contributed by atoms with Gasteiger partial charge in [-0.3, -0.25) is 33.6 Å². The first-order valence-corrected chi connectivity index (χ1v) is 16.0. The summed E-state index contributed by atoms with van der Waals surface area (Å²) in [7, 11) is 0. The zero-order valence-corrected chi connectivity index (χ0v) is 26.7. The number of nitrogens with two attached hydrogens (primary N) is 2. The van der Waals surface area contributed by atoms with Gasteiger partial charge in [0.15, 0.2) is 0 Å². The number of likely N-dealkylation sites (tertiary alicyclic amines) is 1. The number of aryl methyl sites for hydroxylation is 1. The summed E-state index contributed by atoms with van der Waals surface area (Å²) in [5.74, 6) is -5.82. The predicted molar refractivity (Wildman–Crippen MR) is 173 cm³/mol. The summed E-state index contributed by atoms with van der Waals surface area (Å²) in [5, 5.41) is 18.9. The number of primary amides is 2. The number of fused-ring (bicyclic) bond motifs is 1. The van der Waals surface area contributed by atoms with Gasteiger partial charge in [0.2, 0.25) is 35.4 Å². The standard InChI is InChI=1S/C32H41ClN6O8/c33-18-27(41)36-24(13-15-28(42)43)32(47)39-16-4-3-7-25(39)31(46)38-23(30(45)37-22(29(35)44)12-14-26(34)40)11-9-19-8-10-20-5-1-2-6-21(20)17-19/h1-2,5-6,8,10,17,22-25H,3-4,7,9,11-16,18H2,(H2,34,40)(H2,35,44)(H,36,41)(H,37,45)(H,38,46)(H,42,43)/t22-,23-,24-,25-/m0/s1. The summed E-state index contributed by atoms with van der Waals surface area (Å²) in [6, 6.07) is 8.95. The Morgan fingerprint density at radius 3 is 2.21 bits per heavy atom. The van der Waals surface area contributed by atoms with Crippen LogP contribution in [-0.4, -0.2) is 88.0 Å². The van der Waals surface area contributed by atoms with Gasteiger partial charge >= 0.3 is 5.97 Å². The zero-order chi connectivity index (χ0) is 34.5. The fraction of sp³-hybridized carbons (Fsp3) is 0.469. The summed E-state index contributed by atoms with van der Waals surface area (Å²) < 4.78 is 0. The number of amides is 6. The van der Waals surface area contributed by atoms with Crippen molar-refractivity contribution in [1.82, 2.24) is 20.9 Å². The lowest BCUT2D eigenvalue weighted by Gasteiger charge is -2.37. The molecule has 1 aliphatic heterocycles. The van der Waals surface area contributed by atoms with E-state index in [1.807, 2.05) is 42.5 Å². The Labute approximate surface area is 276 Å². The molecule has 0 radical (unpaired) electrons. The summed E-state index contributed by atoms with van der Waals surface area (Å²) >= 11 is 5.60. The van der Waals surface area contributed by atoms with Gasteiger partial charge in [-0.2, -0.15) is 0 Å². The van der Waals surface area contributed by atoms with Gasteiger partial charge in [0, 0.05) is 19.4 Å². The summed E-state index contributed by atoms with van der Waals surface area (Å²) in [6.07, 6.45) is 0.954. The highest BCUT2D eigenvalue weighted by atomic mass is 35.5. The minimum atomic E-state index is -1.22. The van der Waals surface area contributed by atoms with Gasteiger partial charge in [-0.1, -0.05) is 42.5 Å². The van der Waals surface area contributed by atoms with Crippen molar-refractivity contribution in [2.45, 2.75) is 82.0 Å². The lowest BCUT2D eigenvalue weighted by atomic mass is 9.97. The zero-order valence-electron chi connectivity index (χ0n) is 25.9. The Morgan fingerprint density at radius 1 is 0.851 bits per heavy atom. The fourth-order valence-electron chi connectivity index (χ4n) is 5.51. The largest absolute Gasteiger partial charge is 0.481 e. The molecule has 2 aromatic carbocycles. The van der Waals surface area contributed by atoms with E-state index in [0.29, 0.717) is 19.3 Å². The van der Waals surface area contributed by atoms with E-state index in [9.17, 15) is 33.6 Å². The minimum Gasteiger partial charge on any atom is -0.481 e. The number of nitrogens with one attached hydrogen (secondary N) is 3. The average molecular weight is 673 g/mol. The van der Waals surface area contributed by atoms with Gasteiger partial charge in [-0.25, -0.2) is 0 Å². The third kappa shape index (κ3) is 11.2. The normalized spacial score (nSPS) is 16.4. The Bertz CT molecular complexity index is 1490. The second-order valence-corrected chi connectivity index (χ2v) is 11.7. The van der Waals surface area contributed by atoms with Crippen molar-refractivity contribution in [1.29, 1.82) is 0 Å². The second-order valence-electron chi connectivity index (χ2n) is 11.5. The van der Waals surface area contributed by atoms with Gasteiger partial charge in [-0.05, 0) is 61.3 Å². The molecule has 254 valence electrons. The molecule has 0 saturated carbocycles. The molecular weight excluding hydrogens is 632 g/mol. The van der Waals surface area contributed by atoms with E-state index in [1.165, 1.54) is 4.90 Å². The van der Waals surface area contributed by atoms with E-state index < -0.39 is 77.9 Å². The third-order valence-electron chi connectivity index (χ3n) is 8.00. The first-order chi connectivity index (χ1) is 22.4. The van der Waals surface area contributed by atoms with Crippen molar-refractivity contribution < 1.29 is 38.7 Å². The molecule has 4 atom stereocenters. The molecule has 0 aromatic heterocycles. The van der Waals surface area contributed by atoms with E-state index in [0.717, 1.165) is 16.3 Å². The van der Waals surface area contributed by atoms with Crippen LogP contribution in [0.1, 0.15) is 56.9 Å². The molecule has 6 amide bonds. The topological polar surface area (TPSA) is 231 Å². The lowest BCUT2D eigenvalue weighted by molar-refractivity contribution is -0.146. The molecule has 1 saturated heterocycles. The molecule has 3 rings (SSSR count). The quantitative estimate of drug-likeness (QED) is 0.129. The molecule has 0 bridgehead atoms. The molecule has 1 aliphatic rings. The van der Waals surface area contributed by atoms with E-state index in [4.69, 9.17) is 28.2 Å². The number of alkyl halides is 1. The molecule has 0 spiro atoms. The highest BCUT2D eigenvalue weighted by Gasteiger charge is 2.37. The van der Waals surface area contributed by atoms with Crippen LogP contribution in [0.2, 0.25) is 0 Å². The fourth-order valence-corrected chi connectivity index (χ4v) is 5.59. The summed E-state index contributed by atoms with van der Waals surface area (Å²) in [4.78, 5) is 88.8. The van der Waals surface area contributed by atoms with Crippen LogP contribution in [0.3, 0.4) is 0 Å². The second kappa shape index (κ2) is 17.8. The van der Waals surface area contributed by atoms with Crippen LogP contribution in [0.15, 0.2) is 42.5 Å². The molecule has 47 heavy (non-hydrogen) atoms. The average Bonchev–Trinajstić information content (AvgIpc) is 3.05. The number of halogens is 1. The summed E-state index contributed by atoms with van der Waals surface area (Å²) in [5.41, 5.74) is 11.6. The lowest BCUT2D eigenvalue weighted by Crippen LogP contribution is -2.60. The molecule has 15 heteroatoms. The SMILES string of the molecule is NC(=O)CC[C@H](NC(=O)[C@H](CCc1ccc2ccccc2c1)NC(=O)[C@@H]1CCCCN1C(=O)[C@H](CCC(=O)O)NC(=O)CCl)C(N)=O. The van der Waals surface area contributed by atoms with Crippen molar-refractivity contribution in [3.63, 3.8) is 0 Å². The van der Waals surface area contributed by atoms with Crippen molar-refractivity contribution in [2.24, 2.45) is 11.5 Å². The van der Waals surface area contributed by atoms with Crippen LogP contribution < -0.4 is 27.4 Å². The molecule has 2 aromatic rings. The number of hydrogen-bond donors (Lipinski definition) is 6. The summed E-state index contributed by atoms with van der Waals surface area (Å²) in [6.45, 7) is 0.169. The molecular formula is C32H41ClN6O8. The predicted octanol–water partition coefficient (Wildman–Crippen LogP) is 0.462. The van der Waals surface area contributed by atoms with E-state index >= 15 is 0 Å². The molecule has 14 nitrogen and oxygen atoms in total. The maximum absolute atomic E-state index is 13.8. The van der Waals surface area contributed by atoms with Gasteiger partial charge in [-0.15, -0.1) is 11.6 Å². The molecule has 8 N–H and O–H groups in total. The minimum absolute atomic E-state index is 0.116. The van der Waals surface area contributed by atoms with Crippen LogP contribution in [0.25, 0.3) is 10.8 Å². The van der Waals surface area contributed by atoms with Crippen LogP contribution >= 0.6 is 11.6 Å². The maximum Gasteiger partial charge on any atom is 0.303 e. The smallest absolute Gasteiger partial charge is 0.303 e. The number of carboxylic acids is 1. The third-order valence-corrected chi connectivity index (χ3v) is 8.24. The first kappa shape index (κ1) is 36.7. The first-order valence-electron chi connectivity index (χ1n) is 15.4. The number of nitrogens with zero attached hydrogens (tertiary/aromatic N) is 1. The molecule has 0 aliphatic carbocycles. The van der Waals surface area contributed by atoms with Gasteiger partial charge < -0.3 is 37.4 Å². The van der Waals surface area contributed by atoms with E-state index in [1.54, 1.807) is 0 Å². The van der Waals surface area contributed by atoms with Crippen LogP contribution in [0.5, 0.6) is 0 Å². The van der Waals surface area contributed by atoms with Gasteiger partial charge in [0.1, 0.15) is 30.0 Å². The van der Waals surface area contributed by atoms with E-state index in [2.05, 4.69) is 16.0 Å². The van der Waals surface area contributed by atoms with Crippen molar-refractivity contribution >= 4 is 63.8 Å². The van der Waals surface area contributed by atoms with Crippen molar-refractivity contribution in [2.75, 3.05) is 12.4 Å². The van der Waals surface area contributed by atoms with E-state index in [-0.39, 0.29) is 38.6 Å². The number of carboxylic acid groups (broad SMARTS) is 1. The van der Waals surface area contributed by atoms with Crippen molar-refractivity contribution in [3.05, 3.63) is 48.0 Å². The number of carbonyl (C=O) groups excluding carboxylic acids is 6. The monoisotopic (exact) mass is 672 g/mol. The Kier molecular flexibility index (Phi) is 13.9. The van der Waals surface area contributed by atoms with Gasteiger partial charge in [0.05, 0.1) is 0 Å². The Hall–Kier alpha value is -4.72. The molecule has 1 fully saturated rings. The van der Waals surface area contributed by atoms with Crippen LogP contribution in [-0.2, 0) is 40.0 Å². The van der Waals surface area contributed by atoms with Gasteiger partial charge in [0.25, 0.3) is 0 Å². The molecule has 0 unspecified atom stereocenters. The number of piperidine rings is 1. The Balaban J connectivity index is 1.83. The highest BCUT2D eigenvalue weighted by molar-refractivity contribution is 6.27. The van der Waals surface area contributed by atoms with Crippen LogP contribution in [0, 0.1) is 0 Å². The number of hydrogen-bond acceptors (Lipinski definition) is 7. The van der Waals surface area contributed by atoms with Crippen molar-refractivity contribution in [3.8, 4) is 0 Å². The van der Waals surface area contributed by atoms with Crippen LogP contribution in [0.4, 0.5) is 0 Å². The molecule has 1 heterocycles. The highest BCUT2D eigenvalue weighted by Crippen LogP contribution is 2.21. The number of aliphatic carboxylic acids is 1. The number of benzene rings is 2. The Morgan fingerprint density at radius 2 is 1.55 bits per heavy atom. The number of carbonyl (C=O) groups is 7. The number of rotatable bonds is 17. The maximum atomic E-state index is 13.8.